The van der Waals surface area contributed by atoms with Crippen LogP contribution in [-0.2, 0) is 9.53 Å². The van der Waals surface area contributed by atoms with E-state index >= 15 is 0 Å². The van der Waals surface area contributed by atoms with E-state index in [9.17, 15) is 9.59 Å². The number of benzene rings is 3. The van der Waals surface area contributed by atoms with Gasteiger partial charge in [0.05, 0.1) is 38.3 Å². The molecule has 4 rings (SSSR count). The van der Waals surface area contributed by atoms with Gasteiger partial charge in [-0.1, -0.05) is 35.9 Å². The molecule has 7 heteroatoms. The molecule has 0 N–H and O–H groups in total. The molecule has 0 saturated carbocycles. The molecular formula is C28H24ClNO5. The van der Waals surface area contributed by atoms with Gasteiger partial charge in [-0.05, 0) is 72.2 Å². The Bertz CT molecular complexity index is 1360. The number of aryl methyl sites for hydroxylation is 1. The van der Waals surface area contributed by atoms with Crippen molar-refractivity contribution in [1.82, 2.24) is 0 Å². The van der Waals surface area contributed by atoms with Crippen LogP contribution in [0.1, 0.15) is 27.0 Å². The van der Waals surface area contributed by atoms with Gasteiger partial charge < -0.3 is 14.2 Å². The second-order valence-electron chi connectivity index (χ2n) is 7.88. The summed E-state index contributed by atoms with van der Waals surface area (Å²) >= 11 is 6.10. The zero-order valence-corrected chi connectivity index (χ0v) is 20.6. The Morgan fingerprint density at radius 1 is 0.914 bits per heavy atom. The van der Waals surface area contributed by atoms with Crippen molar-refractivity contribution < 1.29 is 23.8 Å². The third-order valence-corrected chi connectivity index (χ3v) is 5.98. The number of hydrogen-bond donors (Lipinski definition) is 0. The Kier molecular flexibility index (Phi) is 6.94. The van der Waals surface area contributed by atoms with Crippen LogP contribution < -0.4 is 14.4 Å². The fraction of sp³-hybridized carbons (Fsp3) is 0.143. The van der Waals surface area contributed by atoms with Crippen molar-refractivity contribution in [1.29, 1.82) is 0 Å². The molecule has 1 amide bonds. The molecule has 35 heavy (non-hydrogen) atoms. The maximum Gasteiger partial charge on any atom is 0.337 e. The zero-order chi connectivity index (χ0) is 25.1. The van der Waals surface area contributed by atoms with E-state index in [2.05, 4.69) is 0 Å². The van der Waals surface area contributed by atoms with E-state index < -0.39 is 5.97 Å². The molecule has 3 aromatic rings. The minimum atomic E-state index is -0.476. The summed E-state index contributed by atoms with van der Waals surface area (Å²) in [5, 5.41) is 0.593. The fourth-order valence-corrected chi connectivity index (χ4v) is 4.03. The maximum absolute atomic E-state index is 13.7. The maximum atomic E-state index is 13.7. The number of rotatable bonds is 6. The number of esters is 1. The highest BCUT2D eigenvalue weighted by molar-refractivity contribution is 6.30. The minimum absolute atomic E-state index is 0.227. The molecule has 1 aliphatic heterocycles. The molecule has 0 saturated heterocycles. The fourth-order valence-electron chi connectivity index (χ4n) is 3.91. The molecule has 0 aromatic heterocycles. The largest absolute Gasteiger partial charge is 0.493 e. The quantitative estimate of drug-likeness (QED) is 0.317. The van der Waals surface area contributed by atoms with Gasteiger partial charge in [0, 0.05) is 10.6 Å². The van der Waals surface area contributed by atoms with Crippen LogP contribution in [0, 0.1) is 6.92 Å². The number of carbonyl (C=O) groups excluding carboxylic acids is 2. The molecule has 6 nitrogen and oxygen atoms in total. The lowest BCUT2D eigenvalue weighted by molar-refractivity contribution is -0.113. The van der Waals surface area contributed by atoms with Crippen LogP contribution in [-0.4, -0.2) is 33.2 Å². The number of anilines is 1. The summed E-state index contributed by atoms with van der Waals surface area (Å²) in [5.74, 6) is 0.459. The van der Waals surface area contributed by atoms with Gasteiger partial charge in [0.15, 0.2) is 11.5 Å². The van der Waals surface area contributed by atoms with E-state index in [1.807, 2.05) is 31.2 Å². The molecule has 0 spiro atoms. The molecule has 178 valence electrons. The molecule has 0 atom stereocenters. The van der Waals surface area contributed by atoms with Gasteiger partial charge in [-0.25, -0.2) is 4.79 Å². The van der Waals surface area contributed by atoms with Crippen molar-refractivity contribution in [2.75, 3.05) is 26.2 Å². The monoisotopic (exact) mass is 489 g/mol. The van der Waals surface area contributed by atoms with Crippen molar-refractivity contribution >= 4 is 40.9 Å². The summed E-state index contributed by atoms with van der Waals surface area (Å²) < 4.78 is 15.6. The standard InChI is InChI=1S/C28H24ClNO5/c1-17-5-7-20(28(32)35-4)15-23(17)30-24(19-8-10-22(29)11-9-19)16-21(27(30)31)13-18-6-12-25(33-2)26(14-18)34-3/h5-16H,1-4H3/b21-13+. The van der Waals surface area contributed by atoms with Gasteiger partial charge in [0.2, 0.25) is 0 Å². The highest BCUT2D eigenvalue weighted by atomic mass is 35.5. The van der Waals surface area contributed by atoms with E-state index in [0.29, 0.717) is 39.0 Å². The van der Waals surface area contributed by atoms with Gasteiger partial charge in [-0.3, -0.25) is 9.69 Å². The number of ether oxygens (including phenoxy) is 3. The van der Waals surface area contributed by atoms with E-state index in [0.717, 1.165) is 16.7 Å². The van der Waals surface area contributed by atoms with Crippen LogP contribution in [0.3, 0.4) is 0 Å². The smallest absolute Gasteiger partial charge is 0.337 e. The first-order valence-corrected chi connectivity index (χ1v) is 11.2. The second-order valence-corrected chi connectivity index (χ2v) is 8.32. The van der Waals surface area contributed by atoms with E-state index in [1.165, 1.54) is 7.11 Å². The predicted molar refractivity (Wildman–Crippen MR) is 137 cm³/mol. The summed E-state index contributed by atoms with van der Waals surface area (Å²) in [7, 11) is 4.46. The second kappa shape index (κ2) is 10.1. The Morgan fingerprint density at radius 2 is 1.63 bits per heavy atom. The lowest BCUT2D eigenvalue weighted by Crippen LogP contribution is -2.26. The van der Waals surface area contributed by atoms with Gasteiger partial charge in [0.25, 0.3) is 5.91 Å². The molecular weight excluding hydrogens is 466 g/mol. The van der Waals surface area contributed by atoms with E-state index in [4.69, 9.17) is 25.8 Å². The lowest BCUT2D eigenvalue weighted by Gasteiger charge is -2.23. The summed E-state index contributed by atoms with van der Waals surface area (Å²) in [4.78, 5) is 27.5. The summed E-state index contributed by atoms with van der Waals surface area (Å²) in [6, 6.07) is 17.8. The highest BCUT2D eigenvalue weighted by Gasteiger charge is 2.32. The number of halogens is 1. The molecule has 3 aromatic carbocycles. The molecule has 0 unspecified atom stereocenters. The third kappa shape index (κ3) is 4.79. The first-order chi connectivity index (χ1) is 16.9. The van der Waals surface area contributed by atoms with Crippen LogP contribution >= 0.6 is 11.6 Å². The Labute approximate surface area is 209 Å². The van der Waals surface area contributed by atoms with E-state index in [-0.39, 0.29) is 5.91 Å². The van der Waals surface area contributed by atoms with Gasteiger partial charge in [0.1, 0.15) is 0 Å². The Morgan fingerprint density at radius 3 is 2.29 bits per heavy atom. The topological polar surface area (TPSA) is 65.1 Å². The Balaban J connectivity index is 1.85. The van der Waals surface area contributed by atoms with Crippen molar-refractivity contribution in [2.45, 2.75) is 6.92 Å². The summed E-state index contributed by atoms with van der Waals surface area (Å²) in [6.45, 7) is 1.89. The SMILES string of the molecule is COC(=O)c1ccc(C)c(N2C(=O)/C(=C/c3ccc(OC)c(OC)c3)C=C2c2ccc(Cl)cc2)c1. The summed E-state index contributed by atoms with van der Waals surface area (Å²) in [6.07, 6.45) is 3.62. The van der Waals surface area contributed by atoms with Crippen molar-refractivity contribution in [3.63, 3.8) is 0 Å². The van der Waals surface area contributed by atoms with Crippen molar-refractivity contribution in [3.05, 3.63) is 99.6 Å². The number of carbonyl (C=O) groups is 2. The summed E-state index contributed by atoms with van der Waals surface area (Å²) in [5.41, 5.74) is 4.51. The molecule has 0 fully saturated rings. The number of methoxy groups -OCH3 is 3. The first-order valence-electron chi connectivity index (χ1n) is 10.8. The van der Waals surface area contributed by atoms with Crippen molar-refractivity contribution in [2.24, 2.45) is 0 Å². The lowest BCUT2D eigenvalue weighted by atomic mass is 10.1. The predicted octanol–water partition coefficient (Wildman–Crippen LogP) is 5.92. The van der Waals surface area contributed by atoms with Crippen molar-refractivity contribution in [3.8, 4) is 11.5 Å². The van der Waals surface area contributed by atoms with Crippen LogP contribution in [0.4, 0.5) is 5.69 Å². The van der Waals surface area contributed by atoms with E-state index in [1.54, 1.807) is 67.7 Å². The van der Waals surface area contributed by atoms with Crippen LogP contribution in [0.2, 0.25) is 5.02 Å². The molecule has 1 aliphatic rings. The first kappa shape index (κ1) is 24.1. The third-order valence-electron chi connectivity index (χ3n) is 5.72. The zero-order valence-electron chi connectivity index (χ0n) is 19.8. The number of nitrogens with zero attached hydrogens (tertiary/aromatic N) is 1. The minimum Gasteiger partial charge on any atom is -0.493 e. The number of hydrogen-bond acceptors (Lipinski definition) is 5. The van der Waals surface area contributed by atoms with Gasteiger partial charge >= 0.3 is 5.97 Å². The van der Waals surface area contributed by atoms with Crippen LogP contribution in [0.25, 0.3) is 11.8 Å². The molecule has 0 bridgehead atoms. The van der Waals surface area contributed by atoms with Crippen LogP contribution in [0.15, 0.2) is 72.3 Å². The van der Waals surface area contributed by atoms with Crippen LogP contribution in [0.5, 0.6) is 11.5 Å². The average molecular weight is 490 g/mol. The highest BCUT2D eigenvalue weighted by Crippen LogP contribution is 2.38. The normalized spacial score (nSPS) is 14.2. The molecule has 0 radical (unpaired) electrons. The molecule has 1 heterocycles. The Hall–Kier alpha value is -4.03. The average Bonchev–Trinajstić information content (AvgIpc) is 3.19. The molecule has 0 aliphatic carbocycles. The van der Waals surface area contributed by atoms with Gasteiger partial charge in [-0.2, -0.15) is 0 Å². The van der Waals surface area contributed by atoms with Gasteiger partial charge in [-0.15, -0.1) is 0 Å². The number of amides is 1.